The quantitative estimate of drug-likeness (QED) is 0.427. The molecule has 27 heavy (non-hydrogen) atoms. The number of nitrogens with zero attached hydrogens (tertiary/aromatic N) is 3. The molecule has 2 heterocycles. The first-order valence-corrected chi connectivity index (χ1v) is 8.22. The van der Waals surface area contributed by atoms with Crippen molar-refractivity contribution in [1.29, 1.82) is 0 Å². The van der Waals surface area contributed by atoms with Gasteiger partial charge in [0.2, 0.25) is 0 Å². The molecule has 0 spiro atoms. The van der Waals surface area contributed by atoms with Gasteiger partial charge < -0.3 is 10.4 Å². The van der Waals surface area contributed by atoms with Crippen LogP contribution in [0, 0.1) is 11.8 Å². The molecule has 2 aromatic heterocycles. The Balaban J connectivity index is 1.91. The van der Waals surface area contributed by atoms with Crippen molar-refractivity contribution in [3.05, 3.63) is 66.1 Å². The number of fused-ring (bicyclic) bond motifs is 3. The van der Waals surface area contributed by atoms with Gasteiger partial charge in [0.1, 0.15) is 11.8 Å². The van der Waals surface area contributed by atoms with Gasteiger partial charge in [0.25, 0.3) is 0 Å². The van der Waals surface area contributed by atoms with Crippen molar-refractivity contribution in [2.24, 2.45) is 0 Å². The van der Waals surface area contributed by atoms with E-state index in [4.69, 9.17) is 0 Å². The highest BCUT2D eigenvalue weighted by atomic mass is 16.4. The van der Waals surface area contributed by atoms with E-state index in [-0.39, 0.29) is 5.56 Å². The van der Waals surface area contributed by atoms with Crippen LogP contribution in [0.4, 0.5) is 11.5 Å². The van der Waals surface area contributed by atoms with Crippen LogP contribution in [0.2, 0.25) is 0 Å². The molecule has 0 saturated heterocycles. The van der Waals surface area contributed by atoms with Crippen LogP contribution in [-0.4, -0.2) is 26.0 Å². The number of pyridine rings is 1. The maximum atomic E-state index is 11.3. The minimum absolute atomic E-state index is 0.178. The molecule has 2 N–H and O–H groups in total. The molecule has 6 nitrogen and oxygen atoms in total. The molecule has 0 amide bonds. The van der Waals surface area contributed by atoms with Crippen molar-refractivity contribution in [3.63, 3.8) is 0 Å². The highest BCUT2D eigenvalue weighted by molar-refractivity contribution is 6.09. The lowest BCUT2D eigenvalue weighted by molar-refractivity contribution is 0.0697. The molecule has 0 aliphatic carbocycles. The van der Waals surface area contributed by atoms with Crippen LogP contribution in [0.15, 0.2) is 55.0 Å². The van der Waals surface area contributed by atoms with E-state index in [0.29, 0.717) is 16.9 Å². The Morgan fingerprint density at radius 3 is 2.85 bits per heavy atom. The number of aromatic nitrogens is 3. The number of rotatable bonds is 3. The summed E-state index contributed by atoms with van der Waals surface area (Å²) in [6.07, 6.45) is 3.17. The van der Waals surface area contributed by atoms with E-state index in [1.54, 1.807) is 31.3 Å². The zero-order valence-electron chi connectivity index (χ0n) is 14.4. The second kappa shape index (κ2) is 6.73. The van der Waals surface area contributed by atoms with E-state index in [2.05, 4.69) is 32.1 Å². The fourth-order valence-corrected chi connectivity index (χ4v) is 2.92. The lowest BCUT2D eigenvalue weighted by atomic mass is 10.1. The number of carbonyl (C=O) groups is 1. The normalized spacial score (nSPS) is 10.4. The lowest BCUT2D eigenvalue weighted by Crippen LogP contribution is -2.00. The van der Waals surface area contributed by atoms with E-state index in [1.807, 2.05) is 24.3 Å². The zero-order valence-corrected chi connectivity index (χ0v) is 14.4. The average molecular weight is 354 g/mol. The maximum absolute atomic E-state index is 11.3. The number of hydrogen-bond donors (Lipinski definition) is 2. The highest BCUT2D eigenvalue weighted by Gasteiger charge is 2.12. The van der Waals surface area contributed by atoms with Gasteiger partial charge in [0, 0.05) is 28.2 Å². The number of nitrogens with one attached hydrogen (secondary N) is 1. The summed E-state index contributed by atoms with van der Waals surface area (Å²) in [5.74, 6) is 5.43. The third-order valence-electron chi connectivity index (χ3n) is 4.10. The van der Waals surface area contributed by atoms with Gasteiger partial charge in [-0.3, -0.25) is 0 Å². The number of carboxylic acids is 1. The van der Waals surface area contributed by atoms with Gasteiger partial charge in [-0.05, 0) is 37.3 Å². The molecule has 0 bridgehead atoms. The molecule has 2 aromatic carbocycles. The molecule has 130 valence electrons. The average Bonchev–Trinajstić information content (AvgIpc) is 2.68. The first-order chi connectivity index (χ1) is 13.2. The Morgan fingerprint density at radius 2 is 2.04 bits per heavy atom. The van der Waals surface area contributed by atoms with Crippen LogP contribution in [0.1, 0.15) is 22.8 Å². The van der Waals surface area contributed by atoms with Crippen molar-refractivity contribution < 1.29 is 9.90 Å². The van der Waals surface area contributed by atoms with Gasteiger partial charge in [-0.2, -0.15) is 0 Å². The van der Waals surface area contributed by atoms with Gasteiger partial charge in [-0.1, -0.05) is 18.1 Å². The van der Waals surface area contributed by atoms with Crippen LogP contribution in [0.25, 0.3) is 21.8 Å². The summed E-state index contributed by atoms with van der Waals surface area (Å²) in [5.41, 5.74) is 3.10. The van der Waals surface area contributed by atoms with Crippen molar-refractivity contribution in [2.45, 2.75) is 6.92 Å². The van der Waals surface area contributed by atoms with Crippen LogP contribution in [0.5, 0.6) is 0 Å². The topological polar surface area (TPSA) is 88.0 Å². The van der Waals surface area contributed by atoms with Crippen LogP contribution >= 0.6 is 0 Å². The first-order valence-electron chi connectivity index (χ1n) is 8.22. The Morgan fingerprint density at radius 1 is 1.15 bits per heavy atom. The molecule has 0 atom stereocenters. The maximum Gasteiger partial charge on any atom is 0.335 e. The molecule has 0 radical (unpaired) electrons. The van der Waals surface area contributed by atoms with Crippen LogP contribution in [0.3, 0.4) is 0 Å². The lowest BCUT2D eigenvalue weighted by Gasteiger charge is -2.11. The minimum atomic E-state index is -0.997. The third-order valence-corrected chi connectivity index (χ3v) is 4.10. The van der Waals surface area contributed by atoms with Gasteiger partial charge in [0.15, 0.2) is 5.82 Å². The molecule has 6 heteroatoms. The monoisotopic (exact) mass is 354 g/mol. The van der Waals surface area contributed by atoms with E-state index >= 15 is 0 Å². The van der Waals surface area contributed by atoms with Gasteiger partial charge in [-0.15, -0.1) is 5.92 Å². The Labute approximate surface area is 154 Å². The molecule has 4 aromatic rings. The number of aromatic carboxylic acids is 1. The molecular formula is C21H14N4O2. The third kappa shape index (κ3) is 3.14. The van der Waals surface area contributed by atoms with Crippen molar-refractivity contribution in [3.8, 4) is 11.8 Å². The largest absolute Gasteiger partial charge is 0.478 e. The van der Waals surface area contributed by atoms with Crippen LogP contribution in [-0.2, 0) is 0 Å². The van der Waals surface area contributed by atoms with Gasteiger partial charge in [-0.25, -0.2) is 19.7 Å². The second-order valence-corrected chi connectivity index (χ2v) is 5.86. The number of hydrogen-bond acceptors (Lipinski definition) is 5. The van der Waals surface area contributed by atoms with Crippen LogP contribution < -0.4 is 5.32 Å². The molecule has 0 saturated carbocycles. The Bertz CT molecular complexity index is 1260. The number of carboxylic acid groups (broad SMARTS) is 1. The zero-order chi connectivity index (χ0) is 18.8. The summed E-state index contributed by atoms with van der Waals surface area (Å²) in [7, 11) is 0. The number of anilines is 2. The summed E-state index contributed by atoms with van der Waals surface area (Å²) in [4.78, 5) is 24.4. The number of benzene rings is 2. The van der Waals surface area contributed by atoms with Gasteiger partial charge >= 0.3 is 5.97 Å². The smallest absolute Gasteiger partial charge is 0.335 e. The second-order valence-electron chi connectivity index (χ2n) is 5.86. The fraction of sp³-hybridized carbons (Fsp3) is 0.0476. The molecule has 0 unspecified atom stereocenters. The summed E-state index contributed by atoms with van der Waals surface area (Å²) >= 11 is 0. The van der Waals surface area contributed by atoms with E-state index in [9.17, 15) is 9.90 Å². The van der Waals surface area contributed by atoms with Crippen molar-refractivity contribution in [2.75, 3.05) is 5.32 Å². The summed E-state index contributed by atoms with van der Waals surface area (Å²) in [5, 5.41) is 14.1. The van der Waals surface area contributed by atoms with Crippen molar-refractivity contribution in [1.82, 2.24) is 15.0 Å². The predicted octanol–water partition coefficient (Wildman–Crippen LogP) is 3.99. The van der Waals surface area contributed by atoms with E-state index < -0.39 is 5.97 Å². The van der Waals surface area contributed by atoms with Gasteiger partial charge in [0.05, 0.1) is 11.1 Å². The standard InChI is InChI=1S/C21H14N4O2/c1-2-4-13-5-3-6-15(9-13)24-20-19-17(11-22-12-23-19)16-8-7-14(21(26)27)10-18(16)25-20/h3,5-12H,1H3,(H,24,25)(H,26,27). The first kappa shape index (κ1) is 16.5. The summed E-state index contributed by atoms with van der Waals surface area (Å²) < 4.78 is 0. The SMILES string of the molecule is CC#Cc1cccc(Nc2nc3cc(C(=O)O)ccc3c3cncnc23)c1. The highest BCUT2D eigenvalue weighted by Crippen LogP contribution is 2.29. The Kier molecular flexibility index (Phi) is 4.11. The molecular weight excluding hydrogens is 340 g/mol. The van der Waals surface area contributed by atoms with E-state index in [1.165, 1.54) is 6.33 Å². The summed E-state index contributed by atoms with van der Waals surface area (Å²) in [6, 6.07) is 12.5. The molecule has 4 rings (SSSR count). The molecule has 0 fully saturated rings. The van der Waals surface area contributed by atoms with E-state index in [0.717, 1.165) is 22.0 Å². The fourth-order valence-electron chi connectivity index (χ4n) is 2.92. The predicted molar refractivity (Wildman–Crippen MR) is 104 cm³/mol. The minimum Gasteiger partial charge on any atom is -0.478 e. The van der Waals surface area contributed by atoms with Crippen molar-refractivity contribution >= 4 is 39.3 Å². The Hall–Kier alpha value is -3.98. The molecule has 0 aliphatic rings. The molecule has 0 aliphatic heterocycles. The summed E-state index contributed by atoms with van der Waals surface area (Å²) in [6.45, 7) is 1.79.